The number of halogens is 1. The van der Waals surface area contributed by atoms with E-state index in [1.165, 1.54) is 12.1 Å². The summed E-state index contributed by atoms with van der Waals surface area (Å²) in [6.07, 6.45) is 1.55. The SMILES string of the molecule is O=C(Nc1ccccc1C(=O)O)C(Cl)=Cc1ccc2ccccc2c1. The zero-order valence-corrected chi connectivity index (χ0v) is 13.8. The third-order valence-corrected chi connectivity index (χ3v) is 3.97. The van der Waals surface area contributed by atoms with Crippen LogP contribution in [0.15, 0.2) is 71.8 Å². The maximum Gasteiger partial charge on any atom is 0.337 e. The van der Waals surface area contributed by atoms with Gasteiger partial charge in [0.15, 0.2) is 0 Å². The predicted octanol–water partition coefficient (Wildman–Crippen LogP) is 4.76. The lowest BCUT2D eigenvalue weighted by Crippen LogP contribution is -2.14. The Balaban J connectivity index is 1.84. The summed E-state index contributed by atoms with van der Waals surface area (Å²) in [4.78, 5) is 23.4. The van der Waals surface area contributed by atoms with Crippen LogP contribution >= 0.6 is 11.6 Å². The molecule has 5 heteroatoms. The summed E-state index contributed by atoms with van der Waals surface area (Å²) >= 11 is 6.10. The molecule has 0 aliphatic rings. The third-order valence-electron chi connectivity index (χ3n) is 3.69. The molecule has 124 valence electrons. The standard InChI is InChI=1S/C20H14ClNO3/c21-17(12-13-9-10-14-5-1-2-6-15(14)11-13)19(23)22-18-8-4-3-7-16(18)20(24)25/h1-12H,(H,22,23)(H,24,25). The van der Waals surface area contributed by atoms with Crippen molar-refractivity contribution in [3.8, 4) is 0 Å². The van der Waals surface area contributed by atoms with Gasteiger partial charge in [0.05, 0.1) is 11.3 Å². The van der Waals surface area contributed by atoms with E-state index in [-0.39, 0.29) is 16.3 Å². The Labute approximate surface area is 149 Å². The number of anilines is 1. The normalized spacial score (nSPS) is 11.3. The van der Waals surface area contributed by atoms with E-state index in [9.17, 15) is 9.59 Å². The summed E-state index contributed by atoms with van der Waals surface area (Å²) in [5.41, 5.74) is 0.987. The van der Waals surface area contributed by atoms with Gasteiger partial charge in [0.2, 0.25) is 0 Å². The minimum absolute atomic E-state index is 0.00558. The van der Waals surface area contributed by atoms with Crippen LogP contribution in [-0.4, -0.2) is 17.0 Å². The Kier molecular flexibility index (Phi) is 4.82. The van der Waals surface area contributed by atoms with Gasteiger partial charge in [0.1, 0.15) is 5.03 Å². The molecule has 0 aliphatic heterocycles. The molecule has 1 amide bonds. The lowest BCUT2D eigenvalue weighted by molar-refractivity contribution is -0.112. The van der Waals surface area contributed by atoms with Crippen LogP contribution in [0.4, 0.5) is 5.69 Å². The van der Waals surface area contributed by atoms with Gasteiger partial charge in [0, 0.05) is 0 Å². The second kappa shape index (κ2) is 7.20. The van der Waals surface area contributed by atoms with Crippen molar-refractivity contribution >= 4 is 46.0 Å². The molecule has 3 aromatic carbocycles. The van der Waals surface area contributed by atoms with Crippen LogP contribution < -0.4 is 5.32 Å². The number of carbonyl (C=O) groups is 2. The Morgan fingerprint density at radius 3 is 2.36 bits per heavy atom. The fourth-order valence-electron chi connectivity index (χ4n) is 2.47. The summed E-state index contributed by atoms with van der Waals surface area (Å²) in [6.45, 7) is 0. The molecule has 0 spiro atoms. The summed E-state index contributed by atoms with van der Waals surface area (Å²) < 4.78 is 0. The third kappa shape index (κ3) is 3.87. The van der Waals surface area contributed by atoms with Crippen molar-refractivity contribution in [1.29, 1.82) is 0 Å². The maximum atomic E-state index is 12.3. The topological polar surface area (TPSA) is 66.4 Å². The Bertz CT molecular complexity index is 995. The molecule has 0 radical (unpaired) electrons. The number of rotatable bonds is 4. The molecule has 0 saturated carbocycles. The Morgan fingerprint density at radius 2 is 1.60 bits per heavy atom. The number of benzene rings is 3. The zero-order chi connectivity index (χ0) is 17.8. The van der Waals surface area contributed by atoms with E-state index in [2.05, 4.69) is 5.32 Å². The number of aromatic carboxylic acids is 1. The highest BCUT2D eigenvalue weighted by Gasteiger charge is 2.13. The number of carbonyl (C=O) groups excluding carboxylic acids is 1. The van der Waals surface area contributed by atoms with Gasteiger partial charge in [0.25, 0.3) is 5.91 Å². The molecule has 3 aromatic rings. The lowest BCUT2D eigenvalue weighted by atomic mass is 10.1. The minimum Gasteiger partial charge on any atom is -0.478 e. The van der Waals surface area contributed by atoms with Crippen LogP contribution in [0.1, 0.15) is 15.9 Å². The van der Waals surface area contributed by atoms with E-state index in [4.69, 9.17) is 16.7 Å². The summed E-state index contributed by atoms with van der Waals surface area (Å²) in [5.74, 6) is -1.69. The van der Waals surface area contributed by atoms with Crippen LogP contribution in [0.2, 0.25) is 0 Å². The van der Waals surface area contributed by atoms with E-state index in [1.54, 1.807) is 18.2 Å². The first kappa shape index (κ1) is 16.7. The molecule has 0 saturated heterocycles. The maximum absolute atomic E-state index is 12.3. The first-order chi connectivity index (χ1) is 12.0. The van der Waals surface area contributed by atoms with E-state index in [0.29, 0.717) is 0 Å². The number of carboxylic acid groups (broad SMARTS) is 1. The highest BCUT2D eigenvalue weighted by Crippen LogP contribution is 2.20. The number of para-hydroxylation sites is 1. The molecule has 0 bridgehead atoms. The highest BCUT2D eigenvalue weighted by molar-refractivity contribution is 6.45. The van der Waals surface area contributed by atoms with Crippen molar-refractivity contribution < 1.29 is 14.7 Å². The number of hydrogen-bond acceptors (Lipinski definition) is 2. The fourth-order valence-corrected chi connectivity index (χ4v) is 2.64. The van der Waals surface area contributed by atoms with Crippen molar-refractivity contribution in [3.63, 3.8) is 0 Å². The van der Waals surface area contributed by atoms with Gasteiger partial charge in [-0.25, -0.2) is 4.79 Å². The van der Waals surface area contributed by atoms with Crippen LogP contribution in [0.25, 0.3) is 16.8 Å². The van der Waals surface area contributed by atoms with Crippen molar-refractivity contribution in [2.45, 2.75) is 0 Å². The van der Waals surface area contributed by atoms with Gasteiger partial charge in [-0.05, 0) is 40.6 Å². The average molecular weight is 352 g/mol. The Morgan fingerprint density at radius 1 is 0.920 bits per heavy atom. The highest BCUT2D eigenvalue weighted by atomic mass is 35.5. The van der Waals surface area contributed by atoms with Crippen LogP contribution in [0.5, 0.6) is 0 Å². The van der Waals surface area contributed by atoms with E-state index in [1.807, 2.05) is 42.5 Å². The average Bonchev–Trinajstić information content (AvgIpc) is 2.61. The minimum atomic E-state index is -1.12. The van der Waals surface area contributed by atoms with Crippen LogP contribution in [0.3, 0.4) is 0 Å². The largest absolute Gasteiger partial charge is 0.478 e. The monoisotopic (exact) mass is 351 g/mol. The molecular weight excluding hydrogens is 338 g/mol. The molecule has 2 N–H and O–H groups in total. The van der Waals surface area contributed by atoms with E-state index >= 15 is 0 Å². The smallest absolute Gasteiger partial charge is 0.337 e. The molecule has 3 rings (SSSR count). The molecule has 25 heavy (non-hydrogen) atoms. The summed E-state index contributed by atoms with van der Waals surface area (Å²) in [5, 5.41) is 13.8. The Hall–Kier alpha value is -3.11. The van der Waals surface area contributed by atoms with Gasteiger partial charge in [-0.2, -0.15) is 0 Å². The second-order valence-electron chi connectivity index (χ2n) is 5.40. The molecule has 0 aromatic heterocycles. The van der Waals surface area contributed by atoms with Gasteiger partial charge >= 0.3 is 5.97 Å². The predicted molar refractivity (Wildman–Crippen MR) is 99.8 cm³/mol. The van der Waals surface area contributed by atoms with Crippen molar-refractivity contribution in [3.05, 3.63) is 82.9 Å². The molecule has 0 unspecified atom stereocenters. The molecule has 0 heterocycles. The van der Waals surface area contributed by atoms with Crippen molar-refractivity contribution in [2.24, 2.45) is 0 Å². The van der Waals surface area contributed by atoms with Crippen LogP contribution in [-0.2, 0) is 4.79 Å². The van der Waals surface area contributed by atoms with Crippen molar-refractivity contribution in [2.75, 3.05) is 5.32 Å². The molecule has 4 nitrogen and oxygen atoms in total. The first-order valence-corrected chi connectivity index (χ1v) is 7.92. The second-order valence-corrected chi connectivity index (χ2v) is 5.81. The first-order valence-electron chi connectivity index (χ1n) is 7.54. The number of hydrogen-bond donors (Lipinski definition) is 2. The molecule has 0 aliphatic carbocycles. The van der Waals surface area contributed by atoms with Gasteiger partial charge in [-0.3, -0.25) is 4.79 Å². The number of fused-ring (bicyclic) bond motifs is 1. The molecule has 0 atom stereocenters. The fraction of sp³-hybridized carbons (Fsp3) is 0. The number of carboxylic acids is 1. The van der Waals surface area contributed by atoms with Gasteiger partial charge < -0.3 is 10.4 Å². The lowest BCUT2D eigenvalue weighted by Gasteiger charge is -2.07. The van der Waals surface area contributed by atoms with Gasteiger partial charge in [-0.15, -0.1) is 0 Å². The van der Waals surface area contributed by atoms with E-state index < -0.39 is 11.9 Å². The number of amides is 1. The number of nitrogens with one attached hydrogen (secondary N) is 1. The van der Waals surface area contributed by atoms with E-state index in [0.717, 1.165) is 16.3 Å². The molecular formula is C20H14ClNO3. The summed E-state index contributed by atoms with van der Waals surface area (Å²) in [6, 6.07) is 19.8. The quantitative estimate of drug-likeness (QED) is 0.666. The summed E-state index contributed by atoms with van der Waals surface area (Å²) in [7, 11) is 0. The van der Waals surface area contributed by atoms with Gasteiger partial charge in [-0.1, -0.05) is 60.1 Å². The van der Waals surface area contributed by atoms with Crippen molar-refractivity contribution in [1.82, 2.24) is 0 Å². The zero-order valence-electron chi connectivity index (χ0n) is 13.1. The molecule has 0 fully saturated rings. The van der Waals surface area contributed by atoms with Crippen LogP contribution in [0, 0.1) is 0 Å².